The lowest BCUT2D eigenvalue weighted by molar-refractivity contribution is -0.115. The molecule has 0 spiro atoms. The van der Waals surface area contributed by atoms with Crippen molar-refractivity contribution >= 4 is 35.0 Å². The molecule has 2 rings (SSSR count). The Morgan fingerprint density at radius 1 is 1.17 bits per heavy atom. The predicted molar refractivity (Wildman–Crippen MR) is 94.8 cm³/mol. The summed E-state index contributed by atoms with van der Waals surface area (Å²) >= 11 is 6.59. The van der Waals surface area contributed by atoms with E-state index in [-0.39, 0.29) is 18.5 Å². The highest BCUT2D eigenvalue weighted by Crippen LogP contribution is 2.26. The number of rotatable bonds is 7. The van der Waals surface area contributed by atoms with Crippen LogP contribution in [0, 0.1) is 0 Å². The third kappa shape index (κ3) is 5.78. The number of thioether (sulfide) groups is 1. The molecule has 1 amide bonds. The number of hydrogen-bond donors (Lipinski definition) is 2. The van der Waals surface area contributed by atoms with Crippen LogP contribution in [0.25, 0.3) is 0 Å². The second-order valence-electron chi connectivity index (χ2n) is 5.08. The summed E-state index contributed by atoms with van der Waals surface area (Å²) < 4.78 is 24.5. The normalized spacial score (nSPS) is 12.2. The lowest BCUT2D eigenvalue weighted by atomic mass is 10.1. The van der Waals surface area contributed by atoms with Crippen molar-refractivity contribution in [1.29, 1.82) is 0 Å². The molecular formula is C17H17ClF2N2OS. The van der Waals surface area contributed by atoms with Gasteiger partial charge in [-0.25, -0.2) is 0 Å². The van der Waals surface area contributed by atoms with E-state index in [0.29, 0.717) is 27.4 Å². The molecule has 2 N–H and O–H groups in total. The molecule has 0 unspecified atom stereocenters. The third-order valence-corrected chi connectivity index (χ3v) is 4.37. The Hall–Kier alpha value is -1.63. The molecule has 0 saturated heterocycles. The van der Waals surface area contributed by atoms with Gasteiger partial charge in [0.2, 0.25) is 5.91 Å². The van der Waals surface area contributed by atoms with Crippen LogP contribution in [-0.4, -0.2) is 18.2 Å². The number of nitrogens with one attached hydrogen (secondary N) is 2. The minimum atomic E-state index is -2.46. The molecule has 2 aromatic carbocycles. The average molecular weight is 371 g/mol. The van der Waals surface area contributed by atoms with Crippen molar-refractivity contribution in [3.05, 3.63) is 59.1 Å². The molecule has 0 aliphatic rings. The van der Waals surface area contributed by atoms with Gasteiger partial charge in [0.25, 0.3) is 5.76 Å². The number of anilines is 1. The maximum absolute atomic E-state index is 12.3. The zero-order chi connectivity index (χ0) is 17.5. The molecule has 2 aromatic rings. The zero-order valence-corrected chi connectivity index (χ0v) is 14.5. The molecule has 0 aliphatic heterocycles. The van der Waals surface area contributed by atoms with E-state index in [0.717, 1.165) is 5.56 Å². The molecule has 0 heterocycles. The maximum Gasteiger partial charge on any atom is 0.288 e. The van der Waals surface area contributed by atoms with Crippen LogP contribution in [0.5, 0.6) is 0 Å². The maximum atomic E-state index is 12.3. The minimum absolute atomic E-state index is 0.0748. The van der Waals surface area contributed by atoms with Gasteiger partial charge in [-0.1, -0.05) is 41.6 Å². The minimum Gasteiger partial charge on any atom is -0.325 e. The molecule has 0 bridgehead atoms. The average Bonchev–Trinajstić information content (AvgIpc) is 2.54. The van der Waals surface area contributed by atoms with Gasteiger partial charge < -0.3 is 10.6 Å². The van der Waals surface area contributed by atoms with Crippen molar-refractivity contribution in [2.75, 3.05) is 11.9 Å². The van der Waals surface area contributed by atoms with E-state index in [9.17, 15) is 13.6 Å². The zero-order valence-electron chi connectivity index (χ0n) is 12.9. The summed E-state index contributed by atoms with van der Waals surface area (Å²) in [7, 11) is 0. The fraction of sp³-hybridized carbons (Fsp3) is 0.235. The highest BCUT2D eigenvalue weighted by molar-refractivity contribution is 7.99. The standard InChI is InChI=1S/C17H17ClF2N2OS/c1-11(14-4-2-3-5-15(14)18)21-10-16(23)22-12-6-8-13(9-7-12)24-17(19)20/h2-9,11,17,21H,10H2,1H3,(H,22,23)/t11-/m0/s1. The topological polar surface area (TPSA) is 41.1 Å². The van der Waals surface area contributed by atoms with E-state index in [1.165, 1.54) is 0 Å². The van der Waals surface area contributed by atoms with Crippen LogP contribution < -0.4 is 10.6 Å². The van der Waals surface area contributed by atoms with Crippen LogP contribution >= 0.6 is 23.4 Å². The Bertz CT molecular complexity index is 683. The van der Waals surface area contributed by atoms with Crippen molar-refractivity contribution < 1.29 is 13.6 Å². The number of alkyl halides is 2. The van der Waals surface area contributed by atoms with E-state index in [1.807, 2.05) is 25.1 Å². The fourth-order valence-corrected chi connectivity index (χ4v) is 2.91. The Morgan fingerprint density at radius 2 is 1.83 bits per heavy atom. The van der Waals surface area contributed by atoms with Gasteiger partial charge in [-0.05, 0) is 42.8 Å². The lowest BCUT2D eigenvalue weighted by Gasteiger charge is -2.15. The van der Waals surface area contributed by atoms with Gasteiger partial charge in [-0.15, -0.1) is 0 Å². The SMILES string of the molecule is C[C@H](NCC(=O)Nc1ccc(SC(F)F)cc1)c1ccccc1Cl. The number of carbonyl (C=O) groups excluding carboxylic acids is 1. The van der Waals surface area contributed by atoms with Gasteiger partial charge in [-0.2, -0.15) is 8.78 Å². The molecule has 3 nitrogen and oxygen atoms in total. The number of carbonyl (C=O) groups is 1. The van der Waals surface area contributed by atoms with Crippen LogP contribution in [0.1, 0.15) is 18.5 Å². The summed E-state index contributed by atoms with van der Waals surface area (Å²) in [5.74, 6) is -2.68. The Morgan fingerprint density at radius 3 is 2.46 bits per heavy atom. The van der Waals surface area contributed by atoms with Gasteiger partial charge in [-0.3, -0.25) is 4.79 Å². The molecule has 24 heavy (non-hydrogen) atoms. The molecule has 1 atom stereocenters. The summed E-state index contributed by atoms with van der Waals surface area (Å²) in [6.45, 7) is 2.03. The van der Waals surface area contributed by atoms with Crippen LogP contribution in [0.4, 0.5) is 14.5 Å². The first-order valence-electron chi connectivity index (χ1n) is 7.28. The van der Waals surface area contributed by atoms with Crippen LogP contribution in [0.3, 0.4) is 0 Å². The summed E-state index contributed by atoms with van der Waals surface area (Å²) in [6, 6.07) is 13.7. The molecule has 0 aromatic heterocycles. The van der Waals surface area contributed by atoms with Crippen molar-refractivity contribution in [1.82, 2.24) is 5.32 Å². The largest absolute Gasteiger partial charge is 0.325 e. The van der Waals surface area contributed by atoms with Crippen molar-refractivity contribution in [3.8, 4) is 0 Å². The number of halogens is 3. The lowest BCUT2D eigenvalue weighted by Crippen LogP contribution is -2.30. The van der Waals surface area contributed by atoms with Gasteiger partial charge in [0.1, 0.15) is 0 Å². The Labute approximate surface area is 148 Å². The van der Waals surface area contributed by atoms with Gasteiger partial charge in [0.15, 0.2) is 0 Å². The van der Waals surface area contributed by atoms with Crippen molar-refractivity contribution in [2.24, 2.45) is 0 Å². The highest BCUT2D eigenvalue weighted by atomic mass is 35.5. The van der Waals surface area contributed by atoms with Crippen LogP contribution in [0.2, 0.25) is 5.02 Å². The third-order valence-electron chi connectivity index (χ3n) is 3.30. The van der Waals surface area contributed by atoms with Crippen LogP contribution in [-0.2, 0) is 4.79 Å². The van der Waals surface area contributed by atoms with Gasteiger partial charge in [0, 0.05) is 21.6 Å². The van der Waals surface area contributed by atoms with Crippen molar-refractivity contribution in [2.45, 2.75) is 23.6 Å². The first-order chi connectivity index (χ1) is 11.5. The van der Waals surface area contributed by atoms with E-state index >= 15 is 0 Å². The summed E-state index contributed by atoms with van der Waals surface area (Å²) in [4.78, 5) is 12.4. The molecule has 0 aliphatic carbocycles. The van der Waals surface area contributed by atoms with E-state index in [2.05, 4.69) is 10.6 Å². The van der Waals surface area contributed by atoms with Gasteiger partial charge >= 0.3 is 0 Å². The quantitative estimate of drug-likeness (QED) is 0.678. The summed E-state index contributed by atoms with van der Waals surface area (Å²) in [6.07, 6.45) is 0. The van der Waals surface area contributed by atoms with Crippen LogP contribution in [0.15, 0.2) is 53.4 Å². The number of benzene rings is 2. The van der Waals surface area contributed by atoms with E-state index < -0.39 is 5.76 Å². The molecule has 0 saturated carbocycles. The second kappa shape index (κ2) is 9.01. The van der Waals surface area contributed by atoms with Gasteiger partial charge in [0.05, 0.1) is 6.54 Å². The van der Waals surface area contributed by atoms with E-state index in [4.69, 9.17) is 11.6 Å². The monoisotopic (exact) mass is 370 g/mol. The Kier molecular flexibility index (Phi) is 7.02. The molecule has 7 heteroatoms. The smallest absolute Gasteiger partial charge is 0.288 e. The summed E-state index contributed by atoms with van der Waals surface area (Å²) in [5, 5.41) is 6.45. The first-order valence-corrected chi connectivity index (χ1v) is 8.54. The second-order valence-corrected chi connectivity index (χ2v) is 6.55. The number of hydrogen-bond acceptors (Lipinski definition) is 3. The number of amides is 1. The van der Waals surface area contributed by atoms with Crippen molar-refractivity contribution in [3.63, 3.8) is 0 Å². The van der Waals surface area contributed by atoms with E-state index in [1.54, 1.807) is 30.3 Å². The summed E-state index contributed by atoms with van der Waals surface area (Å²) in [5.41, 5.74) is 1.48. The molecule has 0 radical (unpaired) electrons. The highest BCUT2D eigenvalue weighted by Gasteiger charge is 2.11. The Balaban J connectivity index is 1.84. The molecule has 0 fully saturated rings. The molecule has 128 valence electrons. The molecular weight excluding hydrogens is 354 g/mol. The fourth-order valence-electron chi connectivity index (χ4n) is 2.11. The first kappa shape index (κ1) is 18.7. The predicted octanol–water partition coefficient (Wildman–Crippen LogP) is 4.94.